The zero-order valence-corrected chi connectivity index (χ0v) is 11.2. The van der Waals surface area contributed by atoms with Crippen LogP contribution in [-0.2, 0) is 6.42 Å². The number of ether oxygens (including phenoxy) is 1. The Morgan fingerprint density at radius 3 is 2.42 bits per heavy atom. The number of hydrazine groups is 1. The van der Waals surface area contributed by atoms with E-state index in [1.807, 2.05) is 43.3 Å². The number of rotatable bonds is 6. The first kappa shape index (κ1) is 13.6. The van der Waals surface area contributed by atoms with Crippen molar-refractivity contribution in [2.45, 2.75) is 19.4 Å². The minimum atomic E-state index is 0.0464. The highest BCUT2D eigenvalue weighted by Crippen LogP contribution is 2.27. The molecule has 3 nitrogen and oxygen atoms in total. The van der Waals surface area contributed by atoms with Crippen molar-refractivity contribution in [1.82, 2.24) is 5.43 Å². The molecule has 0 radical (unpaired) electrons. The Morgan fingerprint density at radius 2 is 1.74 bits per heavy atom. The van der Waals surface area contributed by atoms with Crippen molar-refractivity contribution < 1.29 is 4.74 Å². The lowest BCUT2D eigenvalue weighted by molar-refractivity contribution is 0.331. The number of benzene rings is 2. The Hall–Kier alpha value is -1.84. The molecule has 3 heteroatoms. The van der Waals surface area contributed by atoms with Gasteiger partial charge >= 0.3 is 0 Å². The van der Waals surface area contributed by atoms with E-state index in [9.17, 15) is 0 Å². The quantitative estimate of drug-likeness (QED) is 0.617. The smallest absolute Gasteiger partial charge is 0.124 e. The van der Waals surface area contributed by atoms with Crippen LogP contribution in [0.15, 0.2) is 54.6 Å². The fourth-order valence-corrected chi connectivity index (χ4v) is 2.16. The molecule has 0 spiro atoms. The number of para-hydroxylation sites is 1. The zero-order chi connectivity index (χ0) is 13.5. The van der Waals surface area contributed by atoms with E-state index in [0.29, 0.717) is 6.61 Å². The van der Waals surface area contributed by atoms with E-state index >= 15 is 0 Å². The fraction of sp³-hybridized carbons (Fsp3) is 0.250. The van der Waals surface area contributed by atoms with Crippen LogP contribution in [0.4, 0.5) is 0 Å². The molecule has 2 aromatic carbocycles. The first-order valence-electron chi connectivity index (χ1n) is 6.57. The van der Waals surface area contributed by atoms with Crippen LogP contribution in [0.3, 0.4) is 0 Å². The molecule has 0 heterocycles. The maximum Gasteiger partial charge on any atom is 0.124 e. The van der Waals surface area contributed by atoms with E-state index in [4.69, 9.17) is 10.6 Å². The minimum Gasteiger partial charge on any atom is -0.494 e. The van der Waals surface area contributed by atoms with Crippen molar-refractivity contribution in [1.29, 1.82) is 0 Å². The predicted octanol–water partition coefficient (Wildman–Crippen LogP) is 2.83. The highest BCUT2D eigenvalue weighted by Gasteiger charge is 2.14. The van der Waals surface area contributed by atoms with Gasteiger partial charge in [0.05, 0.1) is 12.6 Å². The van der Waals surface area contributed by atoms with Crippen molar-refractivity contribution >= 4 is 0 Å². The number of hydrogen-bond donors (Lipinski definition) is 2. The topological polar surface area (TPSA) is 47.3 Å². The van der Waals surface area contributed by atoms with Gasteiger partial charge in [-0.2, -0.15) is 0 Å². The van der Waals surface area contributed by atoms with Crippen molar-refractivity contribution in [2.24, 2.45) is 5.84 Å². The maximum absolute atomic E-state index is 5.71. The van der Waals surface area contributed by atoms with Crippen LogP contribution in [0.1, 0.15) is 24.1 Å². The van der Waals surface area contributed by atoms with Crippen LogP contribution >= 0.6 is 0 Å². The Kier molecular flexibility index (Phi) is 4.95. The van der Waals surface area contributed by atoms with Crippen LogP contribution in [-0.4, -0.2) is 6.61 Å². The summed E-state index contributed by atoms with van der Waals surface area (Å²) in [6.07, 6.45) is 0.835. The summed E-state index contributed by atoms with van der Waals surface area (Å²) in [7, 11) is 0. The Labute approximate surface area is 114 Å². The Balaban J connectivity index is 2.22. The Bertz CT molecular complexity index is 499. The molecule has 0 aliphatic rings. The van der Waals surface area contributed by atoms with Gasteiger partial charge in [0.1, 0.15) is 5.75 Å². The van der Waals surface area contributed by atoms with Gasteiger partial charge < -0.3 is 4.74 Å². The molecule has 100 valence electrons. The summed E-state index contributed by atoms with van der Waals surface area (Å²) in [5.74, 6) is 6.60. The summed E-state index contributed by atoms with van der Waals surface area (Å²) in [5, 5.41) is 0. The van der Waals surface area contributed by atoms with Crippen LogP contribution in [0.2, 0.25) is 0 Å². The molecular formula is C16H20N2O. The molecule has 1 unspecified atom stereocenters. The summed E-state index contributed by atoms with van der Waals surface area (Å²) in [5.41, 5.74) is 5.23. The molecule has 0 amide bonds. The molecule has 0 fully saturated rings. The van der Waals surface area contributed by atoms with Gasteiger partial charge in [-0.15, -0.1) is 0 Å². The highest BCUT2D eigenvalue weighted by molar-refractivity contribution is 5.37. The molecule has 0 aliphatic carbocycles. The van der Waals surface area contributed by atoms with Crippen molar-refractivity contribution in [3.05, 3.63) is 65.7 Å². The van der Waals surface area contributed by atoms with Gasteiger partial charge in [0.15, 0.2) is 0 Å². The molecule has 3 N–H and O–H groups in total. The molecule has 0 aromatic heterocycles. The molecule has 19 heavy (non-hydrogen) atoms. The number of hydrogen-bond acceptors (Lipinski definition) is 3. The molecule has 0 bridgehead atoms. The SMILES string of the molecule is CCOc1ccccc1C(Cc1ccccc1)NN. The summed E-state index contributed by atoms with van der Waals surface area (Å²) in [6, 6.07) is 18.4. The van der Waals surface area contributed by atoms with E-state index in [-0.39, 0.29) is 6.04 Å². The lowest BCUT2D eigenvalue weighted by Gasteiger charge is -2.19. The standard InChI is InChI=1S/C16H20N2O/c1-2-19-16-11-7-6-10-14(16)15(18-17)12-13-8-4-3-5-9-13/h3-11,15,18H,2,12,17H2,1H3. The van der Waals surface area contributed by atoms with Gasteiger partial charge in [-0.1, -0.05) is 48.5 Å². The fourth-order valence-electron chi connectivity index (χ4n) is 2.16. The van der Waals surface area contributed by atoms with Gasteiger partial charge in [0, 0.05) is 5.56 Å². The van der Waals surface area contributed by atoms with Crippen molar-refractivity contribution in [3.63, 3.8) is 0 Å². The van der Waals surface area contributed by atoms with Crippen LogP contribution in [0.25, 0.3) is 0 Å². The van der Waals surface area contributed by atoms with Gasteiger partial charge in [0.2, 0.25) is 0 Å². The zero-order valence-electron chi connectivity index (χ0n) is 11.2. The normalized spacial score (nSPS) is 12.1. The van der Waals surface area contributed by atoms with Crippen LogP contribution in [0.5, 0.6) is 5.75 Å². The lowest BCUT2D eigenvalue weighted by atomic mass is 9.98. The van der Waals surface area contributed by atoms with E-state index in [0.717, 1.165) is 17.7 Å². The Morgan fingerprint density at radius 1 is 1.05 bits per heavy atom. The number of nitrogens with one attached hydrogen (secondary N) is 1. The van der Waals surface area contributed by atoms with Crippen LogP contribution < -0.4 is 16.0 Å². The first-order valence-corrected chi connectivity index (χ1v) is 6.57. The second-order valence-electron chi connectivity index (χ2n) is 4.38. The largest absolute Gasteiger partial charge is 0.494 e. The third kappa shape index (κ3) is 3.56. The summed E-state index contributed by atoms with van der Waals surface area (Å²) < 4.78 is 5.66. The lowest BCUT2D eigenvalue weighted by Crippen LogP contribution is -2.30. The molecule has 0 saturated heterocycles. The van der Waals surface area contributed by atoms with E-state index in [2.05, 4.69) is 23.6 Å². The van der Waals surface area contributed by atoms with Gasteiger partial charge in [-0.05, 0) is 25.0 Å². The third-order valence-corrected chi connectivity index (χ3v) is 3.08. The van der Waals surface area contributed by atoms with Gasteiger partial charge in [-0.25, -0.2) is 0 Å². The average Bonchev–Trinajstić information content (AvgIpc) is 2.47. The first-order chi connectivity index (χ1) is 9.35. The summed E-state index contributed by atoms with van der Waals surface area (Å²) in [6.45, 7) is 2.64. The monoisotopic (exact) mass is 256 g/mol. The van der Waals surface area contributed by atoms with Crippen molar-refractivity contribution in [2.75, 3.05) is 6.61 Å². The molecule has 1 atom stereocenters. The predicted molar refractivity (Wildman–Crippen MR) is 77.8 cm³/mol. The summed E-state index contributed by atoms with van der Waals surface area (Å²) in [4.78, 5) is 0. The van der Waals surface area contributed by atoms with E-state index in [1.54, 1.807) is 0 Å². The number of nitrogens with two attached hydrogens (primary N) is 1. The van der Waals surface area contributed by atoms with E-state index < -0.39 is 0 Å². The molecule has 2 rings (SSSR count). The highest BCUT2D eigenvalue weighted by atomic mass is 16.5. The molecule has 2 aromatic rings. The van der Waals surface area contributed by atoms with E-state index in [1.165, 1.54) is 5.56 Å². The summed E-state index contributed by atoms with van der Waals surface area (Å²) >= 11 is 0. The molecule has 0 aliphatic heterocycles. The van der Waals surface area contributed by atoms with Gasteiger partial charge in [-0.3, -0.25) is 11.3 Å². The molecule has 0 saturated carbocycles. The average molecular weight is 256 g/mol. The second kappa shape index (κ2) is 6.92. The second-order valence-corrected chi connectivity index (χ2v) is 4.38. The maximum atomic E-state index is 5.71. The van der Waals surface area contributed by atoms with Crippen LogP contribution in [0, 0.1) is 0 Å². The van der Waals surface area contributed by atoms with Gasteiger partial charge in [0.25, 0.3) is 0 Å². The molecular weight excluding hydrogens is 236 g/mol. The van der Waals surface area contributed by atoms with Crippen molar-refractivity contribution in [3.8, 4) is 5.75 Å². The minimum absolute atomic E-state index is 0.0464. The third-order valence-electron chi connectivity index (χ3n) is 3.08.